The summed E-state index contributed by atoms with van der Waals surface area (Å²) in [5.74, 6) is 0. The minimum Gasteiger partial charge on any atom is -0.390 e. The molecular weight excluding hydrogens is 154 g/mol. The van der Waals surface area contributed by atoms with Crippen LogP contribution in [0, 0.1) is 6.92 Å². The smallest absolute Gasteiger partial charge is 0.116 e. The predicted molar refractivity (Wildman–Crippen MR) is 43.6 cm³/mol. The summed E-state index contributed by atoms with van der Waals surface area (Å²) in [5, 5.41) is 16.6. The zero-order chi connectivity index (χ0) is 8.55. The fraction of sp³-hybridized carbons (Fsp3) is 0.250. The van der Waals surface area contributed by atoms with Gasteiger partial charge in [-0.05, 0) is 18.6 Å². The third-order valence-corrected chi connectivity index (χ3v) is 1.86. The molecule has 0 aromatic carbocycles. The molecule has 0 spiro atoms. The van der Waals surface area contributed by atoms with Crippen LogP contribution in [0.25, 0.3) is 5.52 Å². The SMILES string of the molecule is Cc1cccn2nnc(CO)c12. The molecule has 0 aliphatic carbocycles. The highest BCUT2D eigenvalue weighted by atomic mass is 16.3. The zero-order valence-corrected chi connectivity index (χ0v) is 6.73. The molecule has 4 heteroatoms. The number of aromatic nitrogens is 3. The van der Waals surface area contributed by atoms with E-state index in [-0.39, 0.29) is 6.61 Å². The molecule has 0 unspecified atom stereocenters. The predicted octanol–water partition coefficient (Wildman–Crippen LogP) is 0.530. The number of aryl methyl sites for hydroxylation is 1. The van der Waals surface area contributed by atoms with Crippen molar-refractivity contribution in [1.82, 2.24) is 14.8 Å². The highest BCUT2D eigenvalue weighted by Crippen LogP contribution is 2.11. The van der Waals surface area contributed by atoms with E-state index in [0.29, 0.717) is 5.69 Å². The van der Waals surface area contributed by atoms with Crippen LogP contribution in [0.5, 0.6) is 0 Å². The molecule has 0 aliphatic heterocycles. The molecule has 0 atom stereocenters. The largest absolute Gasteiger partial charge is 0.390 e. The minimum absolute atomic E-state index is 0.0612. The van der Waals surface area contributed by atoms with Crippen molar-refractivity contribution in [3.8, 4) is 0 Å². The molecule has 62 valence electrons. The van der Waals surface area contributed by atoms with Crippen LogP contribution in [0.1, 0.15) is 11.3 Å². The summed E-state index contributed by atoms with van der Waals surface area (Å²) in [4.78, 5) is 0. The van der Waals surface area contributed by atoms with Crippen molar-refractivity contribution in [3.63, 3.8) is 0 Å². The molecule has 4 nitrogen and oxygen atoms in total. The van der Waals surface area contributed by atoms with Crippen LogP contribution >= 0.6 is 0 Å². The summed E-state index contributed by atoms with van der Waals surface area (Å²) in [5.41, 5.74) is 2.61. The van der Waals surface area contributed by atoms with E-state index in [1.54, 1.807) is 4.52 Å². The Bertz CT molecular complexity index is 408. The quantitative estimate of drug-likeness (QED) is 0.667. The van der Waals surface area contributed by atoms with Crippen LogP contribution in [0.4, 0.5) is 0 Å². The molecule has 0 radical (unpaired) electrons. The fourth-order valence-electron chi connectivity index (χ4n) is 1.29. The van der Waals surface area contributed by atoms with Gasteiger partial charge in [0.15, 0.2) is 0 Å². The summed E-state index contributed by atoms with van der Waals surface area (Å²) in [6.07, 6.45) is 1.81. The monoisotopic (exact) mass is 163 g/mol. The van der Waals surface area contributed by atoms with Gasteiger partial charge in [0.2, 0.25) is 0 Å². The molecule has 12 heavy (non-hydrogen) atoms. The molecule has 0 fully saturated rings. The first-order valence-electron chi connectivity index (χ1n) is 3.73. The Balaban J connectivity index is 2.83. The van der Waals surface area contributed by atoms with E-state index in [1.807, 2.05) is 25.3 Å². The maximum Gasteiger partial charge on any atom is 0.116 e. The number of aliphatic hydroxyl groups excluding tert-OH is 1. The topological polar surface area (TPSA) is 50.4 Å². The van der Waals surface area contributed by atoms with E-state index in [0.717, 1.165) is 11.1 Å². The molecule has 2 aromatic heterocycles. The summed E-state index contributed by atoms with van der Waals surface area (Å²) in [6, 6.07) is 3.87. The van der Waals surface area contributed by atoms with E-state index in [1.165, 1.54) is 0 Å². The Morgan fingerprint density at radius 3 is 3.17 bits per heavy atom. The van der Waals surface area contributed by atoms with Gasteiger partial charge >= 0.3 is 0 Å². The van der Waals surface area contributed by atoms with Crippen molar-refractivity contribution in [2.75, 3.05) is 0 Å². The Labute approximate surface area is 69.4 Å². The first-order valence-corrected chi connectivity index (χ1v) is 3.73. The van der Waals surface area contributed by atoms with E-state index < -0.39 is 0 Å². The van der Waals surface area contributed by atoms with Crippen LogP contribution in [0.15, 0.2) is 18.3 Å². The number of hydrogen-bond acceptors (Lipinski definition) is 3. The van der Waals surface area contributed by atoms with E-state index in [2.05, 4.69) is 10.3 Å². The Morgan fingerprint density at radius 2 is 2.42 bits per heavy atom. The Morgan fingerprint density at radius 1 is 1.58 bits per heavy atom. The van der Waals surface area contributed by atoms with Crippen LogP contribution in [-0.4, -0.2) is 19.9 Å². The Kier molecular flexibility index (Phi) is 1.55. The number of hydrogen-bond donors (Lipinski definition) is 1. The molecule has 0 saturated heterocycles. The summed E-state index contributed by atoms with van der Waals surface area (Å²) < 4.78 is 1.67. The fourth-order valence-corrected chi connectivity index (χ4v) is 1.29. The van der Waals surface area contributed by atoms with Crippen molar-refractivity contribution >= 4 is 5.52 Å². The van der Waals surface area contributed by atoms with Crippen LogP contribution in [-0.2, 0) is 6.61 Å². The van der Waals surface area contributed by atoms with Gasteiger partial charge in [-0.15, -0.1) is 5.10 Å². The zero-order valence-electron chi connectivity index (χ0n) is 6.73. The molecule has 2 rings (SSSR count). The third kappa shape index (κ3) is 0.887. The molecule has 2 heterocycles. The van der Waals surface area contributed by atoms with Gasteiger partial charge in [0.1, 0.15) is 5.69 Å². The van der Waals surface area contributed by atoms with Crippen LogP contribution < -0.4 is 0 Å². The van der Waals surface area contributed by atoms with E-state index >= 15 is 0 Å². The second kappa shape index (κ2) is 2.57. The third-order valence-electron chi connectivity index (χ3n) is 1.86. The molecule has 2 aromatic rings. The van der Waals surface area contributed by atoms with Crippen molar-refractivity contribution in [3.05, 3.63) is 29.6 Å². The molecule has 0 bridgehead atoms. The molecule has 0 aliphatic rings. The lowest BCUT2D eigenvalue weighted by Gasteiger charge is -1.96. The van der Waals surface area contributed by atoms with Crippen molar-refractivity contribution in [2.45, 2.75) is 13.5 Å². The number of pyridine rings is 1. The lowest BCUT2D eigenvalue weighted by atomic mass is 10.2. The lowest BCUT2D eigenvalue weighted by molar-refractivity contribution is 0.278. The number of fused-ring (bicyclic) bond motifs is 1. The molecular formula is C8H9N3O. The highest BCUT2D eigenvalue weighted by molar-refractivity contribution is 5.56. The van der Waals surface area contributed by atoms with Gasteiger partial charge < -0.3 is 5.11 Å². The van der Waals surface area contributed by atoms with Gasteiger partial charge in [-0.25, -0.2) is 4.52 Å². The first-order chi connectivity index (χ1) is 5.83. The second-order valence-corrected chi connectivity index (χ2v) is 2.68. The lowest BCUT2D eigenvalue weighted by Crippen LogP contribution is -1.89. The summed E-state index contributed by atoms with van der Waals surface area (Å²) >= 11 is 0. The van der Waals surface area contributed by atoms with Crippen molar-refractivity contribution in [2.24, 2.45) is 0 Å². The molecule has 0 saturated carbocycles. The van der Waals surface area contributed by atoms with Crippen LogP contribution in [0.3, 0.4) is 0 Å². The summed E-state index contributed by atoms with van der Waals surface area (Å²) in [7, 11) is 0. The van der Waals surface area contributed by atoms with Crippen molar-refractivity contribution in [1.29, 1.82) is 0 Å². The number of aliphatic hydroxyl groups is 1. The average molecular weight is 163 g/mol. The maximum atomic E-state index is 8.93. The van der Waals surface area contributed by atoms with Gasteiger partial charge in [0, 0.05) is 6.20 Å². The molecule has 0 amide bonds. The average Bonchev–Trinajstić information content (AvgIpc) is 2.49. The standard InChI is InChI=1S/C8H9N3O/c1-6-3-2-4-11-8(6)7(5-12)9-10-11/h2-4,12H,5H2,1H3. The van der Waals surface area contributed by atoms with Gasteiger partial charge in [0.05, 0.1) is 12.1 Å². The number of nitrogens with zero attached hydrogens (tertiary/aromatic N) is 3. The van der Waals surface area contributed by atoms with Gasteiger partial charge in [-0.3, -0.25) is 0 Å². The van der Waals surface area contributed by atoms with Crippen molar-refractivity contribution < 1.29 is 5.11 Å². The van der Waals surface area contributed by atoms with Gasteiger partial charge in [-0.2, -0.15) is 0 Å². The van der Waals surface area contributed by atoms with E-state index in [4.69, 9.17) is 5.11 Å². The van der Waals surface area contributed by atoms with Crippen LogP contribution in [0.2, 0.25) is 0 Å². The molecule has 1 N–H and O–H groups in total. The van der Waals surface area contributed by atoms with Gasteiger partial charge in [0.25, 0.3) is 0 Å². The highest BCUT2D eigenvalue weighted by Gasteiger charge is 2.05. The number of rotatable bonds is 1. The summed E-state index contributed by atoms with van der Waals surface area (Å²) in [6.45, 7) is 1.91. The van der Waals surface area contributed by atoms with Gasteiger partial charge in [-0.1, -0.05) is 11.3 Å². The maximum absolute atomic E-state index is 8.93. The first kappa shape index (κ1) is 7.24. The normalized spacial score (nSPS) is 10.8. The van der Waals surface area contributed by atoms with E-state index in [9.17, 15) is 0 Å². The Hall–Kier alpha value is -1.42. The second-order valence-electron chi connectivity index (χ2n) is 2.68. The minimum atomic E-state index is -0.0612.